The van der Waals surface area contributed by atoms with Crippen molar-refractivity contribution in [1.82, 2.24) is 15.0 Å². The molecule has 0 saturated heterocycles. The number of amides is 1. The normalized spacial score (nSPS) is 11.9. The van der Waals surface area contributed by atoms with Gasteiger partial charge in [0.05, 0.1) is 6.42 Å². The van der Waals surface area contributed by atoms with E-state index in [1.165, 1.54) is 23.1 Å². The summed E-state index contributed by atoms with van der Waals surface area (Å²) in [5, 5.41) is 5.66. The van der Waals surface area contributed by atoms with Gasteiger partial charge in [-0.25, -0.2) is 9.97 Å². The third-order valence-electron chi connectivity index (χ3n) is 3.77. The number of thioether (sulfide) groups is 1. The van der Waals surface area contributed by atoms with Gasteiger partial charge in [0.25, 0.3) is 5.56 Å². The first-order valence-electron chi connectivity index (χ1n) is 8.03. The molecule has 0 fully saturated rings. The van der Waals surface area contributed by atoms with Crippen LogP contribution in [0.1, 0.15) is 29.0 Å². The summed E-state index contributed by atoms with van der Waals surface area (Å²) in [4.78, 5) is 35.8. The molecule has 3 rings (SSSR count). The van der Waals surface area contributed by atoms with E-state index >= 15 is 0 Å². The zero-order valence-electron chi connectivity index (χ0n) is 14.4. The molecule has 1 amide bonds. The Bertz CT molecular complexity index is 940. The lowest BCUT2D eigenvalue weighted by molar-refractivity contribution is -0.115. The second kappa shape index (κ2) is 8.29. The Morgan fingerprint density at radius 1 is 1.35 bits per heavy atom. The third kappa shape index (κ3) is 4.59. The number of hydrogen-bond donors (Lipinski definition) is 2. The second-order valence-corrected chi connectivity index (χ2v) is 7.89. The number of nitrogens with one attached hydrogen (secondary N) is 2. The molecule has 6 nitrogen and oxygen atoms in total. The lowest BCUT2D eigenvalue weighted by atomic mass is 10.1. The lowest BCUT2D eigenvalue weighted by Gasteiger charge is -2.12. The molecule has 0 aliphatic rings. The van der Waals surface area contributed by atoms with Crippen LogP contribution in [0.15, 0.2) is 51.9 Å². The highest BCUT2D eigenvalue weighted by Crippen LogP contribution is 2.32. The minimum Gasteiger partial charge on any atom is -0.302 e. The van der Waals surface area contributed by atoms with Crippen molar-refractivity contribution >= 4 is 34.1 Å². The Balaban J connectivity index is 1.72. The summed E-state index contributed by atoms with van der Waals surface area (Å²) >= 11 is 2.81. The fourth-order valence-corrected chi connectivity index (χ4v) is 3.93. The summed E-state index contributed by atoms with van der Waals surface area (Å²) in [5.41, 5.74) is 1.81. The van der Waals surface area contributed by atoms with Crippen LogP contribution in [0.2, 0.25) is 0 Å². The smallest absolute Gasteiger partial charge is 0.255 e. The zero-order chi connectivity index (χ0) is 18.5. The lowest BCUT2D eigenvalue weighted by Crippen LogP contribution is -2.23. The first kappa shape index (κ1) is 18.3. The Morgan fingerprint density at radius 2 is 2.12 bits per heavy atom. The van der Waals surface area contributed by atoms with Crippen molar-refractivity contribution in [1.29, 1.82) is 0 Å². The van der Waals surface area contributed by atoms with Gasteiger partial charge in [0.1, 0.15) is 0 Å². The van der Waals surface area contributed by atoms with E-state index < -0.39 is 0 Å². The number of anilines is 1. The van der Waals surface area contributed by atoms with E-state index in [1.807, 2.05) is 30.3 Å². The Labute approximate surface area is 159 Å². The number of hydrogen-bond acceptors (Lipinski definition) is 6. The minimum absolute atomic E-state index is 0.0348. The maximum absolute atomic E-state index is 12.4. The van der Waals surface area contributed by atoms with Crippen molar-refractivity contribution in [2.75, 3.05) is 5.32 Å². The molecule has 26 heavy (non-hydrogen) atoms. The number of carbonyl (C=O) groups is 1. The summed E-state index contributed by atoms with van der Waals surface area (Å²) in [6.45, 7) is 3.81. The summed E-state index contributed by atoms with van der Waals surface area (Å²) in [5.74, 6) is -0.284. The molecule has 2 heterocycles. The fraction of sp³-hybridized carbons (Fsp3) is 0.222. The standard InChI is InChI=1S/C18H18N4O2S2/c1-11-14(10-15(23)21-17-19-8-9-25-17)16(24)22-18(20-11)26-12(2)13-6-4-3-5-7-13/h3-9,12H,10H2,1-2H3,(H,19,21,23)(H,20,22,24). The van der Waals surface area contributed by atoms with E-state index in [9.17, 15) is 9.59 Å². The van der Waals surface area contributed by atoms with Crippen LogP contribution in [0.4, 0.5) is 5.13 Å². The SMILES string of the molecule is Cc1nc(SC(C)c2ccccc2)[nH]c(=O)c1CC(=O)Nc1nccs1. The maximum atomic E-state index is 12.4. The van der Waals surface area contributed by atoms with Crippen molar-refractivity contribution in [3.8, 4) is 0 Å². The Morgan fingerprint density at radius 3 is 2.77 bits per heavy atom. The van der Waals surface area contributed by atoms with Crippen LogP contribution in [-0.4, -0.2) is 20.9 Å². The monoisotopic (exact) mass is 386 g/mol. The molecule has 1 unspecified atom stereocenters. The van der Waals surface area contributed by atoms with Crippen molar-refractivity contribution < 1.29 is 4.79 Å². The van der Waals surface area contributed by atoms with Gasteiger partial charge in [-0.1, -0.05) is 42.1 Å². The third-order valence-corrected chi connectivity index (χ3v) is 5.50. The van der Waals surface area contributed by atoms with Crippen molar-refractivity contribution in [3.05, 3.63) is 69.1 Å². The van der Waals surface area contributed by atoms with E-state index in [1.54, 1.807) is 18.5 Å². The second-order valence-electron chi connectivity index (χ2n) is 5.67. The molecule has 2 aromatic heterocycles. The van der Waals surface area contributed by atoms with E-state index in [4.69, 9.17) is 0 Å². The van der Waals surface area contributed by atoms with Gasteiger partial charge in [-0.2, -0.15) is 0 Å². The van der Waals surface area contributed by atoms with E-state index in [0.29, 0.717) is 21.5 Å². The summed E-state index contributed by atoms with van der Waals surface area (Å²) in [6, 6.07) is 10.0. The highest BCUT2D eigenvalue weighted by atomic mass is 32.2. The molecule has 1 aromatic carbocycles. The van der Waals surface area contributed by atoms with Gasteiger partial charge < -0.3 is 10.3 Å². The van der Waals surface area contributed by atoms with Crippen LogP contribution >= 0.6 is 23.1 Å². The van der Waals surface area contributed by atoms with Crippen LogP contribution in [0.25, 0.3) is 0 Å². The molecule has 0 aliphatic carbocycles. The Kier molecular flexibility index (Phi) is 5.85. The Hall–Kier alpha value is -2.45. The first-order valence-corrected chi connectivity index (χ1v) is 9.79. The number of H-pyrrole nitrogens is 1. The average Bonchev–Trinajstić information content (AvgIpc) is 3.12. The number of aromatic amines is 1. The topological polar surface area (TPSA) is 87.7 Å². The summed E-state index contributed by atoms with van der Waals surface area (Å²) in [6.07, 6.45) is 1.58. The van der Waals surface area contributed by atoms with Crippen molar-refractivity contribution in [2.45, 2.75) is 30.7 Å². The number of carbonyl (C=O) groups excluding carboxylic acids is 1. The minimum atomic E-state index is -0.284. The molecule has 0 spiro atoms. The number of rotatable bonds is 6. The molecule has 0 aliphatic heterocycles. The highest BCUT2D eigenvalue weighted by Gasteiger charge is 2.15. The molecular formula is C18H18N4O2S2. The molecule has 8 heteroatoms. The van der Waals surface area contributed by atoms with Crippen molar-refractivity contribution in [2.24, 2.45) is 0 Å². The number of aryl methyl sites for hydroxylation is 1. The van der Waals surface area contributed by atoms with E-state index in [2.05, 4.69) is 27.2 Å². The van der Waals surface area contributed by atoms with Gasteiger partial charge in [0.2, 0.25) is 5.91 Å². The van der Waals surface area contributed by atoms with E-state index in [0.717, 1.165) is 5.56 Å². The van der Waals surface area contributed by atoms with E-state index in [-0.39, 0.29) is 23.1 Å². The fourth-order valence-electron chi connectivity index (χ4n) is 2.42. The summed E-state index contributed by atoms with van der Waals surface area (Å²) < 4.78 is 0. The molecular weight excluding hydrogens is 368 g/mol. The number of aromatic nitrogens is 3. The van der Waals surface area contributed by atoms with Gasteiger partial charge in [-0.3, -0.25) is 9.59 Å². The number of thiazole rings is 1. The molecule has 2 N–H and O–H groups in total. The van der Waals surface area contributed by atoms with Crippen molar-refractivity contribution in [3.63, 3.8) is 0 Å². The molecule has 3 aromatic rings. The molecule has 1 atom stereocenters. The molecule has 0 bridgehead atoms. The van der Waals surface area contributed by atoms with Gasteiger partial charge in [-0.15, -0.1) is 11.3 Å². The predicted molar refractivity (Wildman–Crippen MR) is 105 cm³/mol. The largest absolute Gasteiger partial charge is 0.302 e. The molecule has 0 saturated carbocycles. The number of nitrogens with zero attached hydrogens (tertiary/aromatic N) is 2. The van der Waals surface area contributed by atoms with Crippen LogP contribution in [0.3, 0.4) is 0 Å². The van der Waals surface area contributed by atoms with Gasteiger partial charge in [0.15, 0.2) is 10.3 Å². The van der Waals surface area contributed by atoms with Crippen LogP contribution in [-0.2, 0) is 11.2 Å². The highest BCUT2D eigenvalue weighted by molar-refractivity contribution is 7.99. The number of benzene rings is 1. The molecule has 134 valence electrons. The zero-order valence-corrected chi connectivity index (χ0v) is 16.0. The quantitative estimate of drug-likeness (QED) is 0.499. The average molecular weight is 387 g/mol. The summed E-state index contributed by atoms with van der Waals surface area (Å²) in [7, 11) is 0. The molecule has 0 radical (unpaired) electrons. The van der Waals surface area contributed by atoms with Gasteiger partial charge >= 0.3 is 0 Å². The maximum Gasteiger partial charge on any atom is 0.255 e. The van der Waals surface area contributed by atoms with Crippen LogP contribution < -0.4 is 10.9 Å². The van der Waals surface area contributed by atoms with Gasteiger partial charge in [-0.05, 0) is 19.4 Å². The first-order chi connectivity index (χ1) is 12.5. The van der Waals surface area contributed by atoms with Crippen LogP contribution in [0.5, 0.6) is 0 Å². The van der Waals surface area contributed by atoms with Gasteiger partial charge in [0, 0.05) is 28.1 Å². The van der Waals surface area contributed by atoms with Crippen LogP contribution in [0, 0.1) is 6.92 Å². The predicted octanol–water partition coefficient (Wildman–Crippen LogP) is 3.57.